The molecule has 0 radical (unpaired) electrons. The quantitative estimate of drug-likeness (QED) is 0.0243. The Labute approximate surface area is 562 Å². The fourth-order valence-corrected chi connectivity index (χ4v) is 11.0. The molecule has 0 aromatic heterocycles. The number of quaternary nitrogens is 1. The molecule has 0 saturated heterocycles. The van der Waals surface area contributed by atoms with Crippen molar-refractivity contribution in [1.82, 2.24) is 5.32 Å². The first kappa shape index (κ1) is 87.1. The van der Waals surface area contributed by atoms with Crippen LogP contribution in [-0.2, 0) is 18.4 Å². The van der Waals surface area contributed by atoms with E-state index >= 15 is 0 Å². The first-order valence-corrected chi connectivity index (χ1v) is 38.9. The Morgan fingerprint density at radius 3 is 1.01 bits per heavy atom. The Morgan fingerprint density at radius 1 is 0.385 bits per heavy atom. The molecule has 0 aliphatic rings. The van der Waals surface area contributed by atoms with Crippen LogP contribution in [0, 0.1) is 0 Å². The fraction of sp³-hybridized carbons (Fsp3) is 0.671. The first-order chi connectivity index (χ1) is 44.5. The van der Waals surface area contributed by atoms with Gasteiger partial charge >= 0.3 is 7.82 Å². The van der Waals surface area contributed by atoms with Crippen molar-refractivity contribution in [3.8, 4) is 0 Å². The van der Waals surface area contributed by atoms with Gasteiger partial charge in [0.2, 0.25) is 5.91 Å². The maximum Gasteiger partial charge on any atom is 0.472 e. The summed E-state index contributed by atoms with van der Waals surface area (Å²) in [6.07, 6.45) is 110. The molecule has 0 aliphatic carbocycles. The second kappa shape index (κ2) is 70.4. The van der Waals surface area contributed by atoms with E-state index in [9.17, 15) is 19.4 Å². The van der Waals surface area contributed by atoms with Crippen LogP contribution in [0.5, 0.6) is 0 Å². The number of allylic oxidation sites excluding steroid dienone is 25. The summed E-state index contributed by atoms with van der Waals surface area (Å²) in [5.41, 5.74) is 0. The van der Waals surface area contributed by atoms with Gasteiger partial charge in [0.15, 0.2) is 0 Å². The molecule has 0 aliphatic heterocycles. The van der Waals surface area contributed by atoms with Gasteiger partial charge in [0.1, 0.15) is 13.2 Å². The fourth-order valence-electron chi connectivity index (χ4n) is 10.2. The summed E-state index contributed by atoms with van der Waals surface area (Å²) in [7, 11) is 1.53. The summed E-state index contributed by atoms with van der Waals surface area (Å²) in [5, 5.41) is 14.0. The summed E-state index contributed by atoms with van der Waals surface area (Å²) in [6.45, 7) is 4.68. The van der Waals surface area contributed by atoms with Crippen molar-refractivity contribution >= 4 is 13.7 Å². The van der Waals surface area contributed by atoms with Crippen molar-refractivity contribution in [3.63, 3.8) is 0 Å². The van der Waals surface area contributed by atoms with Crippen molar-refractivity contribution in [2.45, 2.75) is 315 Å². The maximum atomic E-state index is 13.1. The standard InChI is InChI=1S/C82H141N2O6P/c1-6-8-10-12-14-16-18-20-22-24-26-28-30-32-34-36-37-38-39-40-41-42-43-44-45-46-47-48-50-52-54-56-58-60-62-64-66-68-70-72-74-76-82(86)83-80(79-90-91(87,88)89-78-77-84(3,4)5)81(85)75-73-71-69-67-65-63-61-59-57-55-53-51-49-35-33-31-29-27-25-23-21-19-17-15-13-11-9-7-2/h8,10,14,16,20,22,26,28,32,34,37-38,40-41,43-44,46-47,50,52,56,58,65,67,73,75,80-81,85H,6-7,9,11-13,15,17-19,21,23-25,27,29-31,33,35-36,39,42,45,48-49,51,53-55,57,59-64,66,68-72,74,76-79H2,1-5H3,(H-,83,86,87,88)/p+1/b10-8-,16-14-,22-20-,28-26-,34-32-,38-37-,41-40-,44-43-,47-46-,52-50-,58-56-,67-65+,75-73+. The maximum absolute atomic E-state index is 13.1. The number of carbonyl (C=O) groups is 1. The summed E-state index contributed by atoms with van der Waals surface area (Å²) in [6, 6.07) is -0.883. The number of hydrogen-bond acceptors (Lipinski definition) is 5. The third kappa shape index (κ3) is 73.4. The normalized spacial score (nSPS) is 14.5. The Balaban J connectivity index is 4.17. The predicted octanol–water partition coefficient (Wildman–Crippen LogP) is 24.5. The lowest BCUT2D eigenvalue weighted by Crippen LogP contribution is -2.45. The number of carbonyl (C=O) groups excluding carboxylic acids is 1. The summed E-state index contributed by atoms with van der Waals surface area (Å²) in [5.74, 6) is -0.201. The topological polar surface area (TPSA) is 105 Å². The van der Waals surface area contributed by atoms with Crippen LogP contribution in [-0.4, -0.2) is 73.4 Å². The van der Waals surface area contributed by atoms with Gasteiger partial charge in [-0.3, -0.25) is 13.8 Å². The number of phosphoric acid groups is 1. The van der Waals surface area contributed by atoms with Crippen LogP contribution < -0.4 is 5.32 Å². The van der Waals surface area contributed by atoms with Crippen molar-refractivity contribution in [2.24, 2.45) is 0 Å². The van der Waals surface area contributed by atoms with Crippen LogP contribution in [0.3, 0.4) is 0 Å². The van der Waals surface area contributed by atoms with Gasteiger partial charge < -0.3 is 19.8 Å². The van der Waals surface area contributed by atoms with E-state index in [0.717, 1.165) is 122 Å². The summed E-state index contributed by atoms with van der Waals surface area (Å²) < 4.78 is 23.8. The molecule has 91 heavy (non-hydrogen) atoms. The smallest absolute Gasteiger partial charge is 0.387 e. The second-order valence-electron chi connectivity index (χ2n) is 25.9. The zero-order valence-corrected chi connectivity index (χ0v) is 60.4. The van der Waals surface area contributed by atoms with E-state index in [0.29, 0.717) is 17.4 Å². The number of rotatable bonds is 67. The molecule has 520 valence electrons. The largest absolute Gasteiger partial charge is 0.472 e. The van der Waals surface area contributed by atoms with Crippen LogP contribution in [0.25, 0.3) is 0 Å². The number of hydrogen-bond donors (Lipinski definition) is 3. The molecule has 9 heteroatoms. The third-order valence-corrected chi connectivity index (χ3v) is 17.0. The SMILES string of the molecule is CC/C=C\C/C=C\C/C=C\C/C=C\C/C=C\C/C=C\C/C=C\C/C=C\C/C=C\C/C=C\C/C=C\CCCCCCCCCC(=O)NC(COP(=O)(O)OCC[N+](C)(C)C)C(O)/C=C/CC/C=C/CCCCCCCCCCCCCCCCCCCCCCCC. The van der Waals surface area contributed by atoms with E-state index in [1.807, 2.05) is 27.2 Å². The number of unbranched alkanes of at least 4 members (excludes halogenated alkanes) is 30. The van der Waals surface area contributed by atoms with E-state index in [-0.39, 0.29) is 19.1 Å². The molecule has 8 nitrogen and oxygen atoms in total. The zero-order valence-electron chi connectivity index (χ0n) is 59.5. The lowest BCUT2D eigenvalue weighted by atomic mass is 10.0. The molecule has 3 N–H and O–H groups in total. The molecule has 3 unspecified atom stereocenters. The van der Waals surface area contributed by atoms with Gasteiger partial charge in [0.05, 0.1) is 39.9 Å². The lowest BCUT2D eigenvalue weighted by Gasteiger charge is -2.25. The van der Waals surface area contributed by atoms with Crippen molar-refractivity contribution in [3.05, 3.63) is 158 Å². The Hall–Kier alpha value is -3.88. The van der Waals surface area contributed by atoms with Crippen LogP contribution in [0.15, 0.2) is 158 Å². The minimum absolute atomic E-state index is 0.0463. The number of amides is 1. The van der Waals surface area contributed by atoms with Gasteiger partial charge in [0, 0.05) is 6.42 Å². The molecule has 0 saturated carbocycles. The molecule has 3 atom stereocenters. The third-order valence-electron chi connectivity index (χ3n) is 16.0. The van der Waals surface area contributed by atoms with E-state index in [1.165, 1.54) is 161 Å². The molecular formula is C82H142N2O6P+. The molecule has 0 aromatic carbocycles. The minimum atomic E-state index is -4.38. The highest BCUT2D eigenvalue weighted by Crippen LogP contribution is 2.43. The molecule has 0 bridgehead atoms. The number of aliphatic hydroxyl groups is 1. The number of nitrogens with zero attached hydrogens (tertiary/aromatic N) is 1. The van der Waals surface area contributed by atoms with E-state index < -0.39 is 20.0 Å². The summed E-state index contributed by atoms with van der Waals surface area (Å²) in [4.78, 5) is 23.4. The van der Waals surface area contributed by atoms with Gasteiger partial charge in [-0.2, -0.15) is 0 Å². The van der Waals surface area contributed by atoms with Crippen molar-refractivity contribution in [2.75, 3.05) is 40.9 Å². The zero-order chi connectivity index (χ0) is 66.2. The molecule has 1 amide bonds. The van der Waals surface area contributed by atoms with Crippen LogP contribution >= 0.6 is 7.82 Å². The minimum Gasteiger partial charge on any atom is -0.387 e. The van der Waals surface area contributed by atoms with Gasteiger partial charge in [-0.15, -0.1) is 0 Å². The Kier molecular flexibility index (Phi) is 67.4. The van der Waals surface area contributed by atoms with Gasteiger partial charge in [0.25, 0.3) is 0 Å². The monoisotopic (exact) mass is 1280 g/mol. The van der Waals surface area contributed by atoms with Crippen molar-refractivity contribution in [1.29, 1.82) is 0 Å². The number of likely N-dealkylation sites (N-methyl/N-ethyl adjacent to an activating group) is 1. The molecule has 0 heterocycles. The lowest BCUT2D eigenvalue weighted by molar-refractivity contribution is -0.870. The number of phosphoric ester groups is 1. The molecule has 0 aromatic rings. The number of nitrogens with one attached hydrogen (secondary N) is 1. The predicted molar refractivity (Wildman–Crippen MR) is 400 cm³/mol. The Bertz CT molecular complexity index is 2050. The van der Waals surface area contributed by atoms with Crippen LogP contribution in [0.4, 0.5) is 0 Å². The van der Waals surface area contributed by atoms with Gasteiger partial charge in [-0.1, -0.05) is 339 Å². The second-order valence-corrected chi connectivity index (χ2v) is 27.4. The average molecular weight is 1280 g/mol. The van der Waals surface area contributed by atoms with Gasteiger partial charge in [-0.05, 0) is 116 Å². The highest BCUT2D eigenvalue weighted by molar-refractivity contribution is 7.47. The molecule has 0 fully saturated rings. The van der Waals surface area contributed by atoms with E-state index in [2.05, 4.69) is 165 Å². The Morgan fingerprint density at radius 2 is 0.670 bits per heavy atom. The van der Waals surface area contributed by atoms with E-state index in [1.54, 1.807) is 6.08 Å². The first-order valence-electron chi connectivity index (χ1n) is 37.4. The number of aliphatic hydroxyl groups excluding tert-OH is 1. The highest BCUT2D eigenvalue weighted by Gasteiger charge is 2.28. The molecule has 0 spiro atoms. The molecule has 0 rings (SSSR count). The van der Waals surface area contributed by atoms with Crippen molar-refractivity contribution < 1.29 is 32.9 Å². The summed E-state index contributed by atoms with van der Waals surface area (Å²) >= 11 is 0. The highest BCUT2D eigenvalue weighted by atomic mass is 31.2. The molecular weight excluding hydrogens is 1140 g/mol. The van der Waals surface area contributed by atoms with Gasteiger partial charge in [-0.25, -0.2) is 4.57 Å². The van der Waals surface area contributed by atoms with E-state index in [4.69, 9.17) is 9.05 Å². The van der Waals surface area contributed by atoms with Crippen LogP contribution in [0.2, 0.25) is 0 Å². The average Bonchev–Trinajstić information content (AvgIpc) is 3.59. The van der Waals surface area contributed by atoms with Crippen LogP contribution in [0.1, 0.15) is 303 Å².